The SMILES string of the molecule is CC1CCC(CCC2CCC(CC3CCC(C)CC3)OC2=O)CC1. The van der Waals surface area contributed by atoms with Crippen molar-refractivity contribution < 1.29 is 9.53 Å². The first kappa shape index (κ1) is 18.3. The van der Waals surface area contributed by atoms with Gasteiger partial charge in [-0.3, -0.25) is 4.79 Å². The fourth-order valence-electron chi connectivity index (χ4n) is 5.24. The fourth-order valence-corrected chi connectivity index (χ4v) is 5.24. The van der Waals surface area contributed by atoms with Crippen LogP contribution in [0.3, 0.4) is 0 Å². The minimum absolute atomic E-state index is 0.125. The zero-order valence-electron chi connectivity index (χ0n) is 16.0. The molecule has 0 aromatic heterocycles. The van der Waals surface area contributed by atoms with Gasteiger partial charge in [-0.15, -0.1) is 0 Å². The van der Waals surface area contributed by atoms with Crippen molar-refractivity contribution in [1.82, 2.24) is 0 Å². The van der Waals surface area contributed by atoms with Crippen LogP contribution >= 0.6 is 0 Å². The van der Waals surface area contributed by atoms with E-state index in [1.807, 2.05) is 0 Å². The summed E-state index contributed by atoms with van der Waals surface area (Å²) < 4.78 is 5.85. The van der Waals surface area contributed by atoms with Gasteiger partial charge in [-0.05, 0) is 55.8 Å². The van der Waals surface area contributed by atoms with Crippen molar-refractivity contribution in [2.45, 2.75) is 103 Å². The van der Waals surface area contributed by atoms with Crippen molar-refractivity contribution in [1.29, 1.82) is 0 Å². The zero-order chi connectivity index (χ0) is 16.9. The number of carbonyl (C=O) groups excluding carboxylic acids is 1. The molecule has 3 aliphatic rings. The van der Waals surface area contributed by atoms with E-state index >= 15 is 0 Å². The van der Waals surface area contributed by atoms with E-state index in [4.69, 9.17) is 4.74 Å². The molecule has 24 heavy (non-hydrogen) atoms. The Morgan fingerprint density at radius 3 is 1.92 bits per heavy atom. The third-order valence-corrected chi connectivity index (χ3v) is 7.24. The van der Waals surface area contributed by atoms with Crippen LogP contribution in [0.1, 0.15) is 97.3 Å². The lowest BCUT2D eigenvalue weighted by molar-refractivity contribution is -0.162. The van der Waals surface area contributed by atoms with E-state index in [0.717, 1.165) is 49.4 Å². The summed E-state index contributed by atoms with van der Waals surface area (Å²) in [7, 11) is 0. The van der Waals surface area contributed by atoms with Crippen LogP contribution in [0.15, 0.2) is 0 Å². The molecule has 0 spiro atoms. The molecule has 2 aliphatic carbocycles. The van der Waals surface area contributed by atoms with Crippen LogP contribution in [0.5, 0.6) is 0 Å². The predicted octanol–water partition coefficient (Wildman–Crippen LogP) is 6.13. The first-order chi connectivity index (χ1) is 11.6. The molecule has 0 N–H and O–H groups in total. The number of rotatable bonds is 5. The van der Waals surface area contributed by atoms with Gasteiger partial charge in [-0.2, -0.15) is 0 Å². The molecule has 2 nitrogen and oxygen atoms in total. The summed E-state index contributed by atoms with van der Waals surface area (Å²) in [4.78, 5) is 12.4. The Morgan fingerprint density at radius 2 is 1.33 bits per heavy atom. The number of cyclic esters (lactones) is 1. The number of hydrogen-bond acceptors (Lipinski definition) is 2. The molecular weight excluding hydrogens is 296 g/mol. The first-order valence-electron chi connectivity index (χ1n) is 10.8. The van der Waals surface area contributed by atoms with Crippen molar-refractivity contribution >= 4 is 5.97 Å². The second-order valence-corrected chi connectivity index (χ2v) is 9.40. The molecule has 1 heterocycles. The third-order valence-electron chi connectivity index (χ3n) is 7.24. The van der Waals surface area contributed by atoms with Gasteiger partial charge >= 0.3 is 5.97 Å². The molecule has 3 rings (SSSR count). The summed E-state index contributed by atoms with van der Waals surface area (Å²) in [5.74, 6) is 3.83. The maximum Gasteiger partial charge on any atom is 0.309 e. The van der Waals surface area contributed by atoms with E-state index in [1.54, 1.807) is 0 Å². The monoisotopic (exact) mass is 334 g/mol. The quantitative estimate of drug-likeness (QED) is 0.565. The average molecular weight is 335 g/mol. The molecule has 3 fully saturated rings. The van der Waals surface area contributed by atoms with Crippen LogP contribution in [0.25, 0.3) is 0 Å². The summed E-state index contributed by atoms with van der Waals surface area (Å²) in [6, 6.07) is 0. The highest BCUT2D eigenvalue weighted by atomic mass is 16.5. The van der Waals surface area contributed by atoms with Gasteiger partial charge in [0.1, 0.15) is 6.10 Å². The largest absolute Gasteiger partial charge is 0.462 e. The minimum atomic E-state index is 0.125. The van der Waals surface area contributed by atoms with Crippen LogP contribution in [0.2, 0.25) is 0 Å². The molecule has 0 aromatic carbocycles. The minimum Gasteiger partial charge on any atom is -0.462 e. The predicted molar refractivity (Wildman–Crippen MR) is 98.7 cm³/mol. The lowest BCUT2D eigenvalue weighted by atomic mass is 9.78. The van der Waals surface area contributed by atoms with Gasteiger partial charge in [0.2, 0.25) is 0 Å². The molecule has 2 unspecified atom stereocenters. The Labute approximate surface area is 149 Å². The van der Waals surface area contributed by atoms with Gasteiger partial charge in [-0.1, -0.05) is 65.2 Å². The van der Waals surface area contributed by atoms with Crippen LogP contribution in [-0.4, -0.2) is 12.1 Å². The zero-order valence-corrected chi connectivity index (χ0v) is 16.0. The van der Waals surface area contributed by atoms with E-state index in [9.17, 15) is 4.79 Å². The highest BCUT2D eigenvalue weighted by Crippen LogP contribution is 2.36. The summed E-state index contributed by atoms with van der Waals surface area (Å²) in [6.07, 6.45) is 16.8. The molecule has 2 saturated carbocycles. The van der Waals surface area contributed by atoms with E-state index in [2.05, 4.69) is 13.8 Å². The summed E-state index contributed by atoms with van der Waals surface area (Å²) in [6.45, 7) is 4.75. The summed E-state index contributed by atoms with van der Waals surface area (Å²) in [5.41, 5.74) is 0. The lowest BCUT2D eigenvalue weighted by Gasteiger charge is -2.33. The smallest absolute Gasteiger partial charge is 0.309 e. The Kier molecular flexibility index (Phi) is 6.63. The van der Waals surface area contributed by atoms with Crippen molar-refractivity contribution in [2.24, 2.45) is 29.6 Å². The standard InChI is InChI=1S/C22H38O2/c1-16-3-7-18(8-4-16)11-12-20-13-14-21(24-22(20)23)15-19-9-5-17(2)6-10-19/h16-21H,3-15H2,1-2H3. The van der Waals surface area contributed by atoms with Crippen molar-refractivity contribution in [3.05, 3.63) is 0 Å². The van der Waals surface area contributed by atoms with E-state index in [0.29, 0.717) is 0 Å². The molecule has 0 bridgehead atoms. The van der Waals surface area contributed by atoms with Crippen molar-refractivity contribution in [2.75, 3.05) is 0 Å². The number of hydrogen-bond donors (Lipinski definition) is 0. The Hall–Kier alpha value is -0.530. The van der Waals surface area contributed by atoms with E-state index in [1.165, 1.54) is 57.8 Å². The maximum absolute atomic E-state index is 12.4. The van der Waals surface area contributed by atoms with Gasteiger partial charge in [0.05, 0.1) is 5.92 Å². The van der Waals surface area contributed by atoms with Crippen molar-refractivity contribution in [3.63, 3.8) is 0 Å². The molecule has 0 amide bonds. The molecular formula is C22H38O2. The first-order valence-corrected chi connectivity index (χ1v) is 10.8. The Balaban J connectivity index is 1.35. The third kappa shape index (κ3) is 5.23. The van der Waals surface area contributed by atoms with Gasteiger partial charge in [0.25, 0.3) is 0 Å². The summed E-state index contributed by atoms with van der Waals surface area (Å²) in [5, 5.41) is 0. The number of ether oxygens (including phenoxy) is 1. The van der Waals surface area contributed by atoms with Gasteiger partial charge in [-0.25, -0.2) is 0 Å². The average Bonchev–Trinajstić information content (AvgIpc) is 2.58. The highest BCUT2D eigenvalue weighted by Gasteiger charge is 2.32. The molecule has 0 radical (unpaired) electrons. The summed E-state index contributed by atoms with van der Waals surface area (Å²) >= 11 is 0. The molecule has 1 saturated heterocycles. The molecule has 1 aliphatic heterocycles. The molecule has 2 atom stereocenters. The topological polar surface area (TPSA) is 26.3 Å². The normalized spacial score (nSPS) is 41.0. The van der Waals surface area contributed by atoms with E-state index < -0.39 is 0 Å². The second-order valence-electron chi connectivity index (χ2n) is 9.40. The van der Waals surface area contributed by atoms with Gasteiger partial charge in [0.15, 0.2) is 0 Å². The number of esters is 1. The van der Waals surface area contributed by atoms with Crippen molar-refractivity contribution in [3.8, 4) is 0 Å². The van der Waals surface area contributed by atoms with Gasteiger partial charge in [0, 0.05) is 0 Å². The number of carbonyl (C=O) groups is 1. The van der Waals surface area contributed by atoms with E-state index in [-0.39, 0.29) is 18.0 Å². The fraction of sp³-hybridized carbons (Fsp3) is 0.955. The van der Waals surface area contributed by atoms with Crippen LogP contribution in [0.4, 0.5) is 0 Å². The second kappa shape index (κ2) is 8.72. The van der Waals surface area contributed by atoms with Crippen LogP contribution < -0.4 is 0 Å². The molecule has 2 heteroatoms. The Morgan fingerprint density at radius 1 is 0.750 bits per heavy atom. The lowest BCUT2D eigenvalue weighted by Crippen LogP contribution is -2.33. The van der Waals surface area contributed by atoms with Gasteiger partial charge < -0.3 is 4.74 Å². The van der Waals surface area contributed by atoms with Crippen LogP contribution in [0, 0.1) is 29.6 Å². The molecule has 0 aromatic rings. The van der Waals surface area contributed by atoms with Crippen LogP contribution in [-0.2, 0) is 9.53 Å². The molecule has 138 valence electrons. The highest BCUT2D eigenvalue weighted by molar-refractivity contribution is 5.73. The Bertz CT molecular complexity index is 389. The maximum atomic E-state index is 12.4.